The Bertz CT molecular complexity index is 578. The first kappa shape index (κ1) is 17.1. The van der Waals surface area contributed by atoms with Crippen molar-refractivity contribution in [2.24, 2.45) is 5.11 Å². The summed E-state index contributed by atoms with van der Waals surface area (Å²) in [6, 6.07) is 9.53. The second-order valence-corrected chi connectivity index (χ2v) is 6.70. The van der Waals surface area contributed by atoms with Gasteiger partial charge in [0.05, 0.1) is 12.1 Å². The molecule has 1 saturated heterocycles. The van der Waals surface area contributed by atoms with E-state index in [0.717, 1.165) is 6.54 Å². The van der Waals surface area contributed by atoms with Gasteiger partial charge in [0.25, 0.3) is 0 Å². The first-order valence-corrected chi connectivity index (χ1v) is 7.67. The molecule has 0 spiro atoms. The van der Waals surface area contributed by atoms with Crippen LogP contribution in [-0.4, -0.2) is 41.8 Å². The highest BCUT2D eigenvalue weighted by Gasteiger charge is 2.34. The number of rotatable bonds is 4. The Morgan fingerprint density at radius 2 is 2.09 bits per heavy atom. The SMILES string of the molecule is CC(C)(C)OC(=O)N[C@@H]1CN(Cc2ccccc2)CC1N=[N+]=[N-]. The number of hydrogen-bond donors (Lipinski definition) is 1. The van der Waals surface area contributed by atoms with Crippen molar-refractivity contribution in [2.75, 3.05) is 13.1 Å². The summed E-state index contributed by atoms with van der Waals surface area (Å²) < 4.78 is 5.28. The molecule has 1 amide bonds. The van der Waals surface area contributed by atoms with E-state index in [1.165, 1.54) is 5.56 Å². The maximum Gasteiger partial charge on any atom is 0.407 e. The Balaban J connectivity index is 1.98. The summed E-state index contributed by atoms with van der Waals surface area (Å²) in [7, 11) is 0. The molecule has 1 fully saturated rings. The molecule has 0 aliphatic carbocycles. The largest absolute Gasteiger partial charge is 0.444 e. The van der Waals surface area contributed by atoms with Gasteiger partial charge in [0.1, 0.15) is 5.60 Å². The minimum absolute atomic E-state index is 0.246. The van der Waals surface area contributed by atoms with Gasteiger partial charge in [-0.05, 0) is 31.9 Å². The number of amides is 1. The standard InChI is InChI=1S/C16H23N5O2/c1-16(2,3)23-15(22)18-13-10-21(11-14(13)19-20-17)9-12-7-5-4-6-8-12/h4-8,13-14H,9-11H2,1-3H3,(H,18,22)/t13-,14?/m1/s1. The molecule has 1 aliphatic heterocycles. The van der Waals surface area contributed by atoms with Crippen LogP contribution in [0, 0.1) is 0 Å². The van der Waals surface area contributed by atoms with Crippen molar-refractivity contribution >= 4 is 6.09 Å². The van der Waals surface area contributed by atoms with Gasteiger partial charge in [-0.3, -0.25) is 4.90 Å². The predicted octanol–water partition coefficient (Wildman–Crippen LogP) is 3.07. The fourth-order valence-electron chi connectivity index (χ4n) is 2.62. The molecule has 0 saturated carbocycles. The molecule has 7 heteroatoms. The van der Waals surface area contributed by atoms with E-state index in [4.69, 9.17) is 10.3 Å². The van der Waals surface area contributed by atoms with Crippen LogP contribution in [0.2, 0.25) is 0 Å². The van der Waals surface area contributed by atoms with Crippen molar-refractivity contribution in [3.05, 3.63) is 46.3 Å². The number of carbonyl (C=O) groups is 1. The number of carbonyl (C=O) groups excluding carboxylic acids is 1. The van der Waals surface area contributed by atoms with Crippen molar-refractivity contribution in [2.45, 2.75) is 45.0 Å². The zero-order valence-electron chi connectivity index (χ0n) is 13.8. The van der Waals surface area contributed by atoms with Crippen molar-refractivity contribution in [3.63, 3.8) is 0 Å². The Morgan fingerprint density at radius 3 is 2.70 bits per heavy atom. The summed E-state index contributed by atoms with van der Waals surface area (Å²) in [5, 5.41) is 6.63. The van der Waals surface area contributed by atoms with Gasteiger partial charge in [0, 0.05) is 24.5 Å². The van der Waals surface area contributed by atoms with Crippen LogP contribution in [-0.2, 0) is 11.3 Å². The highest BCUT2D eigenvalue weighted by Crippen LogP contribution is 2.18. The van der Waals surface area contributed by atoms with Crippen molar-refractivity contribution < 1.29 is 9.53 Å². The Hall–Kier alpha value is -2.24. The third kappa shape index (κ3) is 5.47. The Kier molecular flexibility index (Phi) is 5.47. The zero-order valence-corrected chi connectivity index (χ0v) is 13.8. The molecule has 1 heterocycles. The van der Waals surface area contributed by atoms with Gasteiger partial charge in [-0.1, -0.05) is 35.4 Å². The maximum absolute atomic E-state index is 11.9. The quantitative estimate of drug-likeness (QED) is 0.525. The number of azide groups is 1. The smallest absolute Gasteiger partial charge is 0.407 e. The molecule has 1 aliphatic rings. The lowest BCUT2D eigenvalue weighted by Crippen LogP contribution is -2.44. The molecule has 1 aromatic rings. The van der Waals surface area contributed by atoms with Crippen molar-refractivity contribution in [3.8, 4) is 0 Å². The molecule has 1 unspecified atom stereocenters. The number of nitrogens with one attached hydrogen (secondary N) is 1. The number of hydrogen-bond acceptors (Lipinski definition) is 4. The first-order chi connectivity index (χ1) is 10.9. The van der Waals surface area contributed by atoms with Crippen LogP contribution in [0.3, 0.4) is 0 Å². The van der Waals surface area contributed by atoms with Gasteiger partial charge in [-0.25, -0.2) is 4.79 Å². The second kappa shape index (κ2) is 7.35. The van der Waals surface area contributed by atoms with Gasteiger partial charge in [0.15, 0.2) is 0 Å². The van der Waals surface area contributed by atoms with E-state index in [9.17, 15) is 4.79 Å². The highest BCUT2D eigenvalue weighted by atomic mass is 16.6. The normalized spacial score (nSPS) is 21.5. The number of alkyl carbamates (subject to hydrolysis) is 1. The third-order valence-corrected chi connectivity index (χ3v) is 3.52. The lowest BCUT2D eigenvalue weighted by atomic mass is 10.2. The molecule has 1 aromatic carbocycles. The fourth-order valence-corrected chi connectivity index (χ4v) is 2.62. The molecular weight excluding hydrogens is 294 g/mol. The van der Waals surface area contributed by atoms with Crippen LogP contribution in [0.25, 0.3) is 10.4 Å². The van der Waals surface area contributed by atoms with E-state index < -0.39 is 11.7 Å². The summed E-state index contributed by atoms with van der Waals surface area (Å²) in [6.45, 7) is 7.43. The van der Waals surface area contributed by atoms with Gasteiger partial charge < -0.3 is 10.1 Å². The lowest BCUT2D eigenvalue weighted by Gasteiger charge is -2.23. The molecule has 23 heavy (non-hydrogen) atoms. The Morgan fingerprint density at radius 1 is 1.39 bits per heavy atom. The molecule has 0 radical (unpaired) electrons. The van der Waals surface area contributed by atoms with Crippen molar-refractivity contribution in [1.29, 1.82) is 0 Å². The zero-order chi connectivity index (χ0) is 16.9. The number of benzene rings is 1. The van der Waals surface area contributed by atoms with Crippen LogP contribution in [0.5, 0.6) is 0 Å². The van der Waals surface area contributed by atoms with Crippen LogP contribution >= 0.6 is 0 Å². The molecule has 2 rings (SSSR count). The second-order valence-electron chi connectivity index (χ2n) is 6.70. The molecule has 0 aromatic heterocycles. The molecule has 1 N–H and O–H groups in total. The summed E-state index contributed by atoms with van der Waals surface area (Å²) in [5.74, 6) is 0. The summed E-state index contributed by atoms with van der Waals surface area (Å²) in [4.78, 5) is 17.0. The fraction of sp³-hybridized carbons (Fsp3) is 0.562. The third-order valence-electron chi connectivity index (χ3n) is 3.52. The minimum atomic E-state index is -0.555. The van der Waals surface area contributed by atoms with E-state index in [2.05, 4.69) is 32.4 Å². The molecule has 2 atom stereocenters. The van der Waals surface area contributed by atoms with Crippen LogP contribution in [0.1, 0.15) is 26.3 Å². The lowest BCUT2D eigenvalue weighted by molar-refractivity contribution is 0.0502. The molecule has 124 valence electrons. The summed E-state index contributed by atoms with van der Waals surface area (Å²) >= 11 is 0. The van der Waals surface area contributed by atoms with E-state index in [1.54, 1.807) is 0 Å². The van der Waals surface area contributed by atoms with Gasteiger partial charge in [-0.2, -0.15) is 0 Å². The monoisotopic (exact) mass is 317 g/mol. The minimum Gasteiger partial charge on any atom is -0.444 e. The van der Waals surface area contributed by atoms with Crippen LogP contribution < -0.4 is 5.32 Å². The molecule has 0 bridgehead atoms. The molecule has 7 nitrogen and oxygen atoms in total. The first-order valence-electron chi connectivity index (χ1n) is 7.67. The topological polar surface area (TPSA) is 90.3 Å². The van der Waals surface area contributed by atoms with Gasteiger partial charge in [0.2, 0.25) is 0 Å². The average molecular weight is 317 g/mol. The van der Waals surface area contributed by atoms with Gasteiger partial charge in [-0.15, -0.1) is 0 Å². The van der Waals surface area contributed by atoms with Crippen LogP contribution in [0.15, 0.2) is 35.4 Å². The summed E-state index contributed by atoms with van der Waals surface area (Å²) in [6.07, 6.45) is -0.484. The van der Waals surface area contributed by atoms with Crippen LogP contribution in [0.4, 0.5) is 4.79 Å². The Labute approximate surface area is 136 Å². The average Bonchev–Trinajstić information content (AvgIpc) is 2.80. The van der Waals surface area contributed by atoms with E-state index in [1.807, 2.05) is 39.0 Å². The molecular formula is C16H23N5O2. The predicted molar refractivity (Wildman–Crippen MR) is 87.8 cm³/mol. The summed E-state index contributed by atoms with van der Waals surface area (Å²) in [5.41, 5.74) is 9.37. The number of ether oxygens (including phenoxy) is 1. The van der Waals surface area contributed by atoms with E-state index in [-0.39, 0.29) is 12.1 Å². The van der Waals surface area contributed by atoms with Gasteiger partial charge >= 0.3 is 6.09 Å². The number of likely N-dealkylation sites (tertiary alicyclic amines) is 1. The maximum atomic E-state index is 11.9. The highest BCUT2D eigenvalue weighted by molar-refractivity contribution is 5.68. The van der Waals surface area contributed by atoms with E-state index in [0.29, 0.717) is 13.1 Å². The van der Waals surface area contributed by atoms with E-state index >= 15 is 0 Å². The van der Waals surface area contributed by atoms with Crippen molar-refractivity contribution in [1.82, 2.24) is 10.2 Å². The number of nitrogens with zero attached hydrogens (tertiary/aromatic N) is 4.